The van der Waals surface area contributed by atoms with Crippen molar-refractivity contribution in [1.29, 1.82) is 0 Å². The fourth-order valence-corrected chi connectivity index (χ4v) is 2.88. The predicted octanol–water partition coefficient (Wildman–Crippen LogP) is 1.82. The van der Waals surface area contributed by atoms with E-state index in [0.717, 1.165) is 70.3 Å². The molecular weight excluding hydrogens is 252 g/mol. The summed E-state index contributed by atoms with van der Waals surface area (Å²) in [4.78, 5) is 2.51. The highest BCUT2D eigenvalue weighted by molar-refractivity contribution is 5.48. The van der Waals surface area contributed by atoms with Gasteiger partial charge in [0.2, 0.25) is 0 Å². The van der Waals surface area contributed by atoms with Crippen molar-refractivity contribution >= 4 is 0 Å². The maximum absolute atomic E-state index is 5.82. The zero-order valence-electron chi connectivity index (χ0n) is 12.3. The molecule has 1 aromatic carbocycles. The summed E-state index contributed by atoms with van der Waals surface area (Å²) in [5, 5.41) is 3.40. The summed E-state index contributed by atoms with van der Waals surface area (Å²) in [6.07, 6.45) is 2.00. The van der Waals surface area contributed by atoms with Crippen LogP contribution in [0.4, 0.5) is 0 Å². The molecule has 1 saturated heterocycles. The van der Waals surface area contributed by atoms with Gasteiger partial charge in [-0.05, 0) is 29.7 Å². The Bertz CT molecular complexity index is 456. The van der Waals surface area contributed by atoms with Gasteiger partial charge in [0, 0.05) is 39.1 Å². The van der Waals surface area contributed by atoms with E-state index in [-0.39, 0.29) is 0 Å². The SMILES string of the molecule is CCc1cc2c(cc1CN1CCNCC1)OCCCO2. The summed E-state index contributed by atoms with van der Waals surface area (Å²) in [6, 6.07) is 4.37. The van der Waals surface area contributed by atoms with Crippen molar-refractivity contribution in [2.75, 3.05) is 39.4 Å². The summed E-state index contributed by atoms with van der Waals surface area (Å²) in [6.45, 7) is 9.16. The fraction of sp³-hybridized carbons (Fsp3) is 0.625. The van der Waals surface area contributed by atoms with Crippen LogP contribution in [0.2, 0.25) is 0 Å². The number of hydrogen-bond acceptors (Lipinski definition) is 4. The molecule has 1 fully saturated rings. The van der Waals surface area contributed by atoms with Crippen molar-refractivity contribution in [1.82, 2.24) is 10.2 Å². The van der Waals surface area contributed by atoms with Crippen molar-refractivity contribution < 1.29 is 9.47 Å². The summed E-state index contributed by atoms with van der Waals surface area (Å²) in [7, 11) is 0. The molecule has 2 heterocycles. The Morgan fingerprint density at radius 3 is 2.35 bits per heavy atom. The van der Waals surface area contributed by atoms with Crippen molar-refractivity contribution in [3.05, 3.63) is 23.3 Å². The molecule has 110 valence electrons. The minimum atomic E-state index is 0.756. The first-order chi connectivity index (χ1) is 9.86. The van der Waals surface area contributed by atoms with Gasteiger partial charge in [-0.1, -0.05) is 6.92 Å². The largest absolute Gasteiger partial charge is 0.490 e. The van der Waals surface area contributed by atoms with Crippen LogP contribution in [0.5, 0.6) is 11.5 Å². The zero-order valence-corrected chi connectivity index (χ0v) is 12.3. The van der Waals surface area contributed by atoms with Crippen molar-refractivity contribution in [3.63, 3.8) is 0 Å². The molecule has 0 atom stereocenters. The number of hydrogen-bond donors (Lipinski definition) is 1. The minimum Gasteiger partial charge on any atom is -0.490 e. The Kier molecular flexibility index (Phi) is 4.43. The summed E-state index contributed by atoms with van der Waals surface area (Å²) in [5.41, 5.74) is 2.77. The number of benzene rings is 1. The molecule has 0 unspecified atom stereocenters. The third-order valence-electron chi connectivity index (χ3n) is 4.05. The topological polar surface area (TPSA) is 33.7 Å². The lowest BCUT2D eigenvalue weighted by atomic mass is 10.0. The lowest BCUT2D eigenvalue weighted by Gasteiger charge is -2.28. The van der Waals surface area contributed by atoms with E-state index in [0.29, 0.717) is 0 Å². The van der Waals surface area contributed by atoms with Gasteiger partial charge in [-0.3, -0.25) is 4.90 Å². The normalized spacial score (nSPS) is 19.6. The van der Waals surface area contributed by atoms with Crippen LogP contribution in [0.15, 0.2) is 12.1 Å². The number of rotatable bonds is 3. The van der Waals surface area contributed by atoms with E-state index in [2.05, 4.69) is 29.3 Å². The van der Waals surface area contributed by atoms with E-state index in [1.807, 2.05) is 0 Å². The molecule has 4 nitrogen and oxygen atoms in total. The molecule has 0 bridgehead atoms. The molecule has 1 aromatic rings. The number of piperazine rings is 1. The van der Waals surface area contributed by atoms with Crippen LogP contribution in [0.3, 0.4) is 0 Å². The van der Waals surface area contributed by atoms with E-state index in [1.165, 1.54) is 11.1 Å². The van der Waals surface area contributed by atoms with Crippen LogP contribution in [-0.4, -0.2) is 44.3 Å². The molecule has 0 aliphatic carbocycles. The Labute approximate surface area is 121 Å². The van der Waals surface area contributed by atoms with E-state index >= 15 is 0 Å². The fourth-order valence-electron chi connectivity index (χ4n) is 2.88. The van der Waals surface area contributed by atoms with Crippen LogP contribution in [0.25, 0.3) is 0 Å². The molecule has 0 saturated carbocycles. The van der Waals surface area contributed by atoms with Crippen molar-refractivity contribution in [2.24, 2.45) is 0 Å². The summed E-state index contributed by atoms with van der Waals surface area (Å²) >= 11 is 0. The second-order valence-corrected chi connectivity index (χ2v) is 5.50. The average Bonchev–Trinajstić information content (AvgIpc) is 2.72. The molecular formula is C16H24N2O2. The van der Waals surface area contributed by atoms with Crippen LogP contribution < -0.4 is 14.8 Å². The highest BCUT2D eigenvalue weighted by atomic mass is 16.5. The molecule has 2 aliphatic heterocycles. The Hall–Kier alpha value is -1.26. The quantitative estimate of drug-likeness (QED) is 0.913. The third-order valence-corrected chi connectivity index (χ3v) is 4.05. The summed E-state index contributed by atoms with van der Waals surface area (Å²) < 4.78 is 11.6. The smallest absolute Gasteiger partial charge is 0.161 e. The van der Waals surface area contributed by atoms with Gasteiger partial charge in [0.1, 0.15) is 0 Å². The Morgan fingerprint density at radius 2 is 1.70 bits per heavy atom. The molecule has 1 N–H and O–H groups in total. The van der Waals surface area contributed by atoms with Crippen LogP contribution in [0, 0.1) is 0 Å². The number of aryl methyl sites for hydroxylation is 1. The van der Waals surface area contributed by atoms with E-state index < -0.39 is 0 Å². The van der Waals surface area contributed by atoms with Gasteiger partial charge in [-0.15, -0.1) is 0 Å². The molecule has 4 heteroatoms. The molecule has 0 amide bonds. The standard InChI is InChI=1S/C16H24N2O2/c1-2-13-10-15-16(20-9-3-8-19-15)11-14(13)12-18-6-4-17-5-7-18/h10-11,17H,2-9,12H2,1H3. The Morgan fingerprint density at radius 1 is 1.05 bits per heavy atom. The molecule has 20 heavy (non-hydrogen) atoms. The summed E-state index contributed by atoms with van der Waals surface area (Å²) in [5.74, 6) is 1.84. The van der Waals surface area contributed by atoms with E-state index in [1.54, 1.807) is 0 Å². The minimum absolute atomic E-state index is 0.756. The highest BCUT2D eigenvalue weighted by Crippen LogP contribution is 2.33. The van der Waals surface area contributed by atoms with Crippen molar-refractivity contribution in [2.45, 2.75) is 26.3 Å². The van der Waals surface area contributed by atoms with E-state index in [9.17, 15) is 0 Å². The predicted molar refractivity (Wildman–Crippen MR) is 79.6 cm³/mol. The first-order valence-corrected chi connectivity index (χ1v) is 7.71. The monoisotopic (exact) mass is 276 g/mol. The first-order valence-electron chi connectivity index (χ1n) is 7.71. The van der Waals surface area contributed by atoms with Crippen LogP contribution in [0.1, 0.15) is 24.5 Å². The van der Waals surface area contributed by atoms with Crippen LogP contribution >= 0.6 is 0 Å². The Balaban J connectivity index is 1.82. The lowest BCUT2D eigenvalue weighted by Crippen LogP contribution is -2.43. The molecule has 3 rings (SSSR count). The number of nitrogens with one attached hydrogen (secondary N) is 1. The maximum atomic E-state index is 5.82. The average molecular weight is 276 g/mol. The van der Waals surface area contributed by atoms with Gasteiger partial charge in [0.05, 0.1) is 13.2 Å². The zero-order chi connectivity index (χ0) is 13.8. The van der Waals surface area contributed by atoms with Gasteiger partial charge < -0.3 is 14.8 Å². The molecule has 0 radical (unpaired) electrons. The first kappa shape index (κ1) is 13.7. The van der Waals surface area contributed by atoms with Crippen LogP contribution in [-0.2, 0) is 13.0 Å². The number of fused-ring (bicyclic) bond motifs is 1. The molecule has 2 aliphatic rings. The lowest BCUT2D eigenvalue weighted by molar-refractivity contribution is 0.232. The highest BCUT2D eigenvalue weighted by Gasteiger charge is 2.17. The molecule has 0 spiro atoms. The second-order valence-electron chi connectivity index (χ2n) is 5.50. The third kappa shape index (κ3) is 3.07. The number of nitrogens with zero attached hydrogens (tertiary/aromatic N) is 1. The van der Waals surface area contributed by atoms with E-state index in [4.69, 9.17) is 9.47 Å². The second kappa shape index (κ2) is 6.46. The van der Waals surface area contributed by atoms with Gasteiger partial charge >= 0.3 is 0 Å². The van der Waals surface area contributed by atoms with Crippen molar-refractivity contribution in [3.8, 4) is 11.5 Å². The van der Waals surface area contributed by atoms with Gasteiger partial charge in [-0.25, -0.2) is 0 Å². The maximum Gasteiger partial charge on any atom is 0.161 e. The van der Waals surface area contributed by atoms with Gasteiger partial charge in [-0.2, -0.15) is 0 Å². The number of ether oxygens (including phenoxy) is 2. The molecule has 0 aromatic heterocycles. The van der Waals surface area contributed by atoms with Gasteiger partial charge in [0.25, 0.3) is 0 Å². The van der Waals surface area contributed by atoms with Gasteiger partial charge in [0.15, 0.2) is 11.5 Å².